The van der Waals surface area contributed by atoms with Crippen molar-refractivity contribution in [3.8, 4) is 0 Å². The Bertz CT molecular complexity index is 505. The van der Waals surface area contributed by atoms with Crippen LogP contribution in [-0.4, -0.2) is 58.6 Å². The largest absolute Gasteiger partial charge is 0.379 e. The molecule has 0 aromatic heterocycles. The van der Waals surface area contributed by atoms with Crippen LogP contribution in [0, 0.1) is 0 Å². The summed E-state index contributed by atoms with van der Waals surface area (Å²) in [7, 11) is 1.76. The predicted molar refractivity (Wildman–Crippen MR) is 100 cm³/mol. The number of benzene rings is 1. The molecule has 1 fully saturated rings. The fourth-order valence-electron chi connectivity index (χ4n) is 2.41. The van der Waals surface area contributed by atoms with Gasteiger partial charge in [0.05, 0.1) is 25.9 Å². The van der Waals surface area contributed by atoms with E-state index in [0.717, 1.165) is 55.8 Å². The average molecular weight is 370 g/mol. The molecule has 1 atom stereocenters. The number of nitrogens with zero attached hydrogens (tertiary/aromatic N) is 1. The number of hydrogen-bond donors (Lipinski definition) is 2. The van der Waals surface area contributed by atoms with Crippen molar-refractivity contribution in [1.29, 1.82) is 0 Å². The summed E-state index contributed by atoms with van der Waals surface area (Å²) in [5, 5.41) is 7.23. The van der Waals surface area contributed by atoms with Crippen LogP contribution in [0.2, 0.25) is 5.02 Å². The normalized spacial score (nSPS) is 17.7. The molecule has 0 radical (unpaired) electrons. The number of halogens is 1. The van der Waals surface area contributed by atoms with Gasteiger partial charge in [-0.05, 0) is 30.5 Å². The summed E-state index contributed by atoms with van der Waals surface area (Å²) in [6.45, 7) is 4.98. The Kier molecular flexibility index (Phi) is 9.66. The Morgan fingerprint density at radius 2 is 2.04 bits per heavy atom. The second-order valence-corrected chi connectivity index (χ2v) is 6.25. The van der Waals surface area contributed by atoms with E-state index in [-0.39, 0.29) is 6.10 Å². The second-order valence-electron chi connectivity index (χ2n) is 5.81. The summed E-state index contributed by atoms with van der Waals surface area (Å²) in [5.74, 6) is 0.777. The van der Waals surface area contributed by atoms with Crippen LogP contribution in [0.25, 0.3) is 0 Å². The van der Waals surface area contributed by atoms with Gasteiger partial charge in [0.25, 0.3) is 0 Å². The Balaban J connectivity index is 1.46. The molecular formula is C18H28ClN3O3. The summed E-state index contributed by atoms with van der Waals surface area (Å²) in [5.41, 5.74) is 1.11. The molecule has 0 spiro atoms. The van der Waals surface area contributed by atoms with Gasteiger partial charge in [0.1, 0.15) is 0 Å². The molecule has 2 rings (SSSR count). The Morgan fingerprint density at radius 1 is 1.24 bits per heavy atom. The first-order chi connectivity index (χ1) is 12.3. The van der Waals surface area contributed by atoms with Crippen LogP contribution in [0.3, 0.4) is 0 Å². The van der Waals surface area contributed by atoms with Gasteiger partial charge in [-0.2, -0.15) is 0 Å². The first kappa shape index (κ1) is 20.0. The molecule has 0 bridgehead atoms. The van der Waals surface area contributed by atoms with E-state index in [9.17, 15) is 0 Å². The third kappa shape index (κ3) is 8.54. The summed E-state index contributed by atoms with van der Waals surface area (Å²) in [4.78, 5) is 4.19. The van der Waals surface area contributed by atoms with Gasteiger partial charge in [-0.15, -0.1) is 0 Å². The SMILES string of the molecule is CN=C(NCCCOC1CCOC1)NCCOCc1ccc(Cl)cc1. The molecule has 1 aromatic rings. The maximum absolute atomic E-state index is 5.86. The lowest BCUT2D eigenvalue weighted by Gasteiger charge is -2.13. The highest BCUT2D eigenvalue weighted by Gasteiger charge is 2.15. The van der Waals surface area contributed by atoms with Crippen molar-refractivity contribution < 1.29 is 14.2 Å². The molecule has 1 unspecified atom stereocenters. The van der Waals surface area contributed by atoms with Crippen molar-refractivity contribution >= 4 is 17.6 Å². The van der Waals surface area contributed by atoms with Gasteiger partial charge < -0.3 is 24.8 Å². The Labute approximate surface area is 154 Å². The second kappa shape index (κ2) is 12.1. The standard InChI is InChI=1S/C18H28ClN3O3/c1-20-18(21-8-2-10-25-17-7-11-23-14-17)22-9-12-24-13-15-3-5-16(19)6-4-15/h3-6,17H,2,7-14H2,1H3,(H2,20,21,22). The van der Waals surface area contributed by atoms with Crippen molar-refractivity contribution in [2.45, 2.75) is 25.6 Å². The topological polar surface area (TPSA) is 64.1 Å². The van der Waals surface area contributed by atoms with E-state index in [2.05, 4.69) is 15.6 Å². The van der Waals surface area contributed by atoms with Crippen LogP contribution < -0.4 is 10.6 Å². The highest BCUT2D eigenvalue weighted by atomic mass is 35.5. The van der Waals surface area contributed by atoms with E-state index >= 15 is 0 Å². The minimum absolute atomic E-state index is 0.273. The molecular weight excluding hydrogens is 342 g/mol. The van der Waals surface area contributed by atoms with E-state index in [0.29, 0.717) is 19.8 Å². The number of rotatable bonds is 10. The zero-order chi connectivity index (χ0) is 17.7. The van der Waals surface area contributed by atoms with E-state index < -0.39 is 0 Å². The van der Waals surface area contributed by atoms with Gasteiger partial charge in [0.15, 0.2) is 5.96 Å². The molecule has 1 saturated heterocycles. The van der Waals surface area contributed by atoms with Crippen molar-refractivity contribution in [2.75, 3.05) is 46.6 Å². The zero-order valence-electron chi connectivity index (χ0n) is 14.8. The maximum Gasteiger partial charge on any atom is 0.191 e. The molecule has 0 aliphatic carbocycles. The summed E-state index contributed by atoms with van der Waals surface area (Å²) in [6.07, 6.45) is 2.21. The molecule has 0 saturated carbocycles. The van der Waals surface area contributed by atoms with E-state index in [1.54, 1.807) is 7.05 Å². The van der Waals surface area contributed by atoms with Crippen molar-refractivity contribution in [1.82, 2.24) is 10.6 Å². The van der Waals surface area contributed by atoms with Crippen LogP contribution in [0.4, 0.5) is 0 Å². The van der Waals surface area contributed by atoms with Crippen molar-refractivity contribution in [3.05, 3.63) is 34.9 Å². The third-order valence-electron chi connectivity index (χ3n) is 3.80. The fourth-order valence-corrected chi connectivity index (χ4v) is 2.53. The maximum atomic E-state index is 5.86. The average Bonchev–Trinajstić information content (AvgIpc) is 3.14. The van der Waals surface area contributed by atoms with Crippen LogP contribution in [-0.2, 0) is 20.8 Å². The molecule has 2 N–H and O–H groups in total. The lowest BCUT2D eigenvalue weighted by Crippen LogP contribution is -2.39. The van der Waals surface area contributed by atoms with Crippen molar-refractivity contribution in [2.24, 2.45) is 4.99 Å². The lowest BCUT2D eigenvalue weighted by atomic mass is 10.2. The van der Waals surface area contributed by atoms with Gasteiger partial charge in [-0.25, -0.2) is 0 Å². The summed E-state index contributed by atoms with van der Waals surface area (Å²) < 4.78 is 16.6. The van der Waals surface area contributed by atoms with Crippen molar-refractivity contribution in [3.63, 3.8) is 0 Å². The Hall–Kier alpha value is -1.34. The highest BCUT2D eigenvalue weighted by molar-refractivity contribution is 6.30. The number of hydrogen-bond acceptors (Lipinski definition) is 4. The van der Waals surface area contributed by atoms with Gasteiger partial charge in [-0.1, -0.05) is 23.7 Å². The third-order valence-corrected chi connectivity index (χ3v) is 4.05. The molecule has 1 aliphatic rings. The molecule has 1 heterocycles. The van der Waals surface area contributed by atoms with Crippen LogP contribution in [0.1, 0.15) is 18.4 Å². The lowest BCUT2D eigenvalue weighted by molar-refractivity contribution is 0.0420. The van der Waals surface area contributed by atoms with Gasteiger partial charge in [0, 0.05) is 38.4 Å². The molecule has 6 nitrogen and oxygen atoms in total. The smallest absolute Gasteiger partial charge is 0.191 e. The quantitative estimate of drug-likeness (QED) is 0.376. The van der Waals surface area contributed by atoms with E-state index in [1.807, 2.05) is 24.3 Å². The molecule has 140 valence electrons. The Morgan fingerprint density at radius 3 is 2.76 bits per heavy atom. The summed E-state index contributed by atoms with van der Waals surface area (Å²) in [6, 6.07) is 7.67. The van der Waals surface area contributed by atoms with Crippen LogP contribution >= 0.6 is 11.6 Å². The fraction of sp³-hybridized carbons (Fsp3) is 0.611. The van der Waals surface area contributed by atoms with Crippen LogP contribution in [0.5, 0.6) is 0 Å². The molecule has 25 heavy (non-hydrogen) atoms. The van der Waals surface area contributed by atoms with E-state index in [1.165, 1.54) is 0 Å². The molecule has 0 amide bonds. The van der Waals surface area contributed by atoms with E-state index in [4.69, 9.17) is 25.8 Å². The number of nitrogens with one attached hydrogen (secondary N) is 2. The first-order valence-electron chi connectivity index (χ1n) is 8.74. The predicted octanol–water partition coefficient (Wildman–Crippen LogP) is 2.22. The minimum atomic E-state index is 0.273. The molecule has 1 aromatic carbocycles. The molecule has 7 heteroatoms. The van der Waals surface area contributed by atoms with Crippen LogP contribution in [0.15, 0.2) is 29.3 Å². The van der Waals surface area contributed by atoms with Gasteiger partial charge >= 0.3 is 0 Å². The first-order valence-corrected chi connectivity index (χ1v) is 9.12. The number of aliphatic imine (C=N–C) groups is 1. The highest BCUT2D eigenvalue weighted by Crippen LogP contribution is 2.10. The van der Waals surface area contributed by atoms with Gasteiger partial charge in [0.2, 0.25) is 0 Å². The number of guanidine groups is 1. The van der Waals surface area contributed by atoms with Gasteiger partial charge in [-0.3, -0.25) is 4.99 Å². The zero-order valence-corrected chi connectivity index (χ0v) is 15.6. The molecule has 1 aliphatic heterocycles. The monoisotopic (exact) mass is 369 g/mol. The minimum Gasteiger partial charge on any atom is -0.379 e. The number of ether oxygens (including phenoxy) is 3. The summed E-state index contributed by atoms with van der Waals surface area (Å²) >= 11 is 5.86.